The van der Waals surface area contributed by atoms with E-state index >= 15 is 0 Å². The van der Waals surface area contributed by atoms with Crippen molar-refractivity contribution in [2.75, 3.05) is 40.9 Å². The molecule has 0 atom stereocenters. The largest absolute Gasteiger partial charge is 0.383 e. The van der Waals surface area contributed by atoms with Crippen LogP contribution in [0.15, 0.2) is 29.3 Å². The molecule has 0 bridgehead atoms. The molecule has 0 aliphatic rings. The van der Waals surface area contributed by atoms with Crippen LogP contribution >= 0.6 is 24.0 Å². The van der Waals surface area contributed by atoms with Gasteiger partial charge in [0.15, 0.2) is 5.96 Å². The fourth-order valence-electron chi connectivity index (χ4n) is 1.74. The molecule has 1 aromatic carbocycles. The average Bonchev–Trinajstić information content (AvgIpc) is 2.49. The standard InChI is InChI=1S/C16H26N4O2.HI/c1-13-6-5-7-14(10-13)11-18-16(17-8-9-22-4)19-12-15(21)20(2)3;/h5-7,10H,8-9,11-12H2,1-4H3,(H2,17,18,19);1H. The molecular weight excluding hydrogens is 407 g/mol. The van der Waals surface area contributed by atoms with Crippen LogP contribution in [0.1, 0.15) is 11.1 Å². The van der Waals surface area contributed by atoms with Crippen LogP contribution in [-0.2, 0) is 16.1 Å². The Labute approximate surface area is 155 Å². The third-order valence-electron chi connectivity index (χ3n) is 3.01. The van der Waals surface area contributed by atoms with Crippen LogP contribution in [0, 0.1) is 6.92 Å². The molecule has 1 rings (SSSR count). The molecule has 23 heavy (non-hydrogen) atoms. The zero-order valence-electron chi connectivity index (χ0n) is 14.3. The third kappa shape index (κ3) is 9.39. The number of nitrogens with one attached hydrogen (secondary N) is 2. The second-order valence-electron chi connectivity index (χ2n) is 5.22. The van der Waals surface area contributed by atoms with Gasteiger partial charge in [0, 0.05) is 27.7 Å². The van der Waals surface area contributed by atoms with Gasteiger partial charge in [-0.2, -0.15) is 0 Å². The summed E-state index contributed by atoms with van der Waals surface area (Å²) in [5.41, 5.74) is 2.34. The first-order valence-electron chi connectivity index (χ1n) is 7.29. The summed E-state index contributed by atoms with van der Waals surface area (Å²) in [4.78, 5) is 17.7. The first kappa shape index (κ1) is 21.6. The van der Waals surface area contributed by atoms with Gasteiger partial charge in [-0.25, -0.2) is 4.99 Å². The molecule has 0 aliphatic heterocycles. The van der Waals surface area contributed by atoms with E-state index in [4.69, 9.17) is 4.74 Å². The van der Waals surface area contributed by atoms with Crippen molar-refractivity contribution in [1.82, 2.24) is 15.5 Å². The van der Waals surface area contributed by atoms with Gasteiger partial charge in [-0.05, 0) is 12.5 Å². The number of carbonyl (C=O) groups excluding carboxylic acids is 1. The highest BCUT2D eigenvalue weighted by molar-refractivity contribution is 14.0. The van der Waals surface area contributed by atoms with Gasteiger partial charge < -0.3 is 20.3 Å². The maximum absolute atomic E-state index is 11.7. The fraction of sp³-hybridized carbons (Fsp3) is 0.500. The number of aryl methyl sites for hydroxylation is 1. The number of carbonyl (C=O) groups is 1. The zero-order chi connectivity index (χ0) is 16.4. The van der Waals surface area contributed by atoms with Gasteiger partial charge in [0.25, 0.3) is 0 Å². The molecule has 0 aromatic heterocycles. The Morgan fingerprint density at radius 2 is 2.04 bits per heavy atom. The lowest BCUT2D eigenvalue weighted by atomic mass is 10.1. The highest BCUT2D eigenvalue weighted by atomic mass is 127. The molecule has 1 aromatic rings. The minimum absolute atomic E-state index is 0. The predicted octanol–water partition coefficient (Wildman–Crippen LogP) is 1.38. The summed E-state index contributed by atoms with van der Waals surface area (Å²) in [5.74, 6) is 0.602. The van der Waals surface area contributed by atoms with E-state index in [1.165, 1.54) is 5.56 Å². The summed E-state index contributed by atoms with van der Waals surface area (Å²) >= 11 is 0. The molecule has 6 nitrogen and oxygen atoms in total. The SMILES string of the molecule is COCCNC(=NCc1cccc(C)c1)NCC(=O)N(C)C.I. The van der Waals surface area contributed by atoms with E-state index in [1.807, 2.05) is 12.1 Å². The van der Waals surface area contributed by atoms with Crippen molar-refractivity contribution in [3.8, 4) is 0 Å². The number of benzene rings is 1. The molecule has 0 spiro atoms. The van der Waals surface area contributed by atoms with Crippen LogP contribution in [-0.4, -0.2) is 57.7 Å². The van der Waals surface area contributed by atoms with E-state index in [0.29, 0.717) is 25.7 Å². The molecule has 0 saturated carbocycles. The minimum Gasteiger partial charge on any atom is -0.383 e. The van der Waals surface area contributed by atoms with Crippen molar-refractivity contribution in [3.63, 3.8) is 0 Å². The Hall–Kier alpha value is -1.35. The number of aliphatic imine (C=N–C) groups is 1. The topological polar surface area (TPSA) is 66.0 Å². The highest BCUT2D eigenvalue weighted by Crippen LogP contribution is 2.04. The van der Waals surface area contributed by atoms with Crippen LogP contribution in [0.2, 0.25) is 0 Å². The Kier molecular flexibility index (Phi) is 11.4. The number of rotatable bonds is 7. The third-order valence-corrected chi connectivity index (χ3v) is 3.01. The summed E-state index contributed by atoms with van der Waals surface area (Å²) in [6, 6.07) is 8.20. The van der Waals surface area contributed by atoms with Crippen molar-refractivity contribution in [2.24, 2.45) is 4.99 Å². The van der Waals surface area contributed by atoms with E-state index in [0.717, 1.165) is 5.56 Å². The van der Waals surface area contributed by atoms with Gasteiger partial charge in [0.05, 0.1) is 19.7 Å². The van der Waals surface area contributed by atoms with Gasteiger partial charge in [0.1, 0.15) is 0 Å². The Balaban J connectivity index is 0.00000484. The molecule has 130 valence electrons. The quantitative estimate of drug-likeness (QED) is 0.295. The molecule has 2 N–H and O–H groups in total. The van der Waals surface area contributed by atoms with E-state index in [9.17, 15) is 4.79 Å². The van der Waals surface area contributed by atoms with Crippen molar-refractivity contribution in [1.29, 1.82) is 0 Å². The Bertz CT molecular complexity index is 507. The lowest BCUT2D eigenvalue weighted by Crippen LogP contribution is -2.43. The summed E-state index contributed by atoms with van der Waals surface area (Å²) < 4.78 is 5.01. The highest BCUT2D eigenvalue weighted by Gasteiger charge is 2.05. The maximum Gasteiger partial charge on any atom is 0.241 e. The van der Waals surface area contributed by atoms with E-state index in [2.05, 4.69) is 34.7 Å². The van der Waals surface area contributed by atoms with E-state index < -0.39 is 0 Å². The van der Waals surface area contributed by atoms with Crippen LogP contribution in [0.25, 0.3) is 0 Å². The monoisotopic (exact) mass is 434 g/mol. The molecule has 0 aliphatic carbocycles. The van der Waals surface area contributed by atoms with Crippen LogP contribution in [0.5, 0.6) is 0 Å². The van der Waals surface area contributed by atoms with Crippen molar-refractivity contribution >= 4 is 35.8 Å². The first-order valence-corrected chi connectivity index (χ1v) is 7.29. The number of methoxy groups -OCH3 is 1. The number of nitrogens with zero attached hydrogens (tertiary/aromatic N) is 2. The zero-order valence-corrected chi connectivity index (χ0v) is 16.6. The molecule has 0 radical (unpaired) electrons. The lowest BCUT2D eigenvalue weighted by Gasteiger charge is -2.14. The number of halogens is 1. The number of amides is 1. The molecule has 0 unspecified atom stereocenters. The molecule has 0 fully saturated rings. The predicted molar refractivity (Wildman–Crippen MR) is 104 cm³/mol. The van der Waals surface area contributed by atoms with Gasteiger partial charge >= 0.3 is 0 Å². The molecule has 7 heteroatoms. The number of hydrogen-bond acceptors (Lipinski definition) is 3. The van der Waals surface area contributed by atoms with E-state index in [1.54, 1.807) is 26.1 Å². The maximum atomic E-state index is 11.7. The van der Waals surface area contributed by atoms with Crippen LogP contribution in [0.3, 0.4) is 0 Å². The number of likely N-dealkylation sites (N-methyl/N-ethyl adjacent to an activating group) is 1. The molecular formula is C16H27IN4O2. The minimum atomic E-state index is -0.00297. The smallest absolute Gasteiger partial charge is 0.241 e. The Morgan fingerprint density at radius 1 is 1.30 bits per heavy atom. The van der Waals surface area contributed by atoms with Crippen LogP contribution in [0.4, 0.5) is 0 Å². The summed E-state index contributed by atoms with van der Waals surface area (Å²) in [7, 11) is 5.10. The second-order valence-corrected chi connectivity index (χ2v) is 5.22. The van der Waals surface area contributed by atoms with Gasteiger partial charge in [-0.3, -0.25) is 4.79 Å². The van der Waals surface area contributed by atoms with Crippen LogP contribution < -0.4 is 10.6 Å². The summed E-state index contributed by atoms with van der Waals surface area (Å²) in [6.07, 6.45) is 0. The number of guanidine groups is 1. The van der Waals surface area contributed by atoms with Gasteiger partial charge in [-0.1, -0.05) is 29.8 Å². The Morgan fingerprint density at radius 3 is 2.65 bits per heavy atom. The molecule has 1 amide bonds. The van der Waals surface area contributed by atoms with Crippen molar-refractivity contribution in [2.45, 2.75) is 13.5 Å². The second kappa shape index (κ2) is 12.1. The summed E-state index contributed by atoms with van der Waals surface area (Å²) in [5, 5.41) is 6.18. The number of hydrogen-bond donors (Lipinski definition) is 2. The molecule has 0 saturated heterocycles. The fourth-order valence-corrected chi connectivity index (χ4v) is 1.74. The number of ether oxygens (including phenoxy) is 1. The van der Waals surface area contributed by atoms with Crippen molar-refractivity contribution in [3.05, 3.63) is 35.4 Å². The average molecular weight is 434 g/mol. The van der Waals surface area contributed by atoms with Gasteiger partial charge in [0.2, 0.25) is 5.91 Å². The molecule has 0 heterocycles. The first-order chi connectivity index (χ1) is 10.5. The van der Waals surface area contributed by atoms with Crippen molar-refractivity contribution < 1.29 is 9.53 Å². The van der Waals surface area contributed by atoms with E-state index in [-0.39, 0.29) is 36.4 Å². The lowest BCUT2D eigenvalue weighted by molar-refractivity contribution is -0.127. The normalized spacial score (nSPS) is 10.7. The summed E-state index contributed by atoms with van der Waals surface area (Å²) in [6.45, 7) is 4.03. The van der Waals surface area contributed by atoms with Gasteiger partial charge in [-0.15, -0.1) is 24.0 Å².